The molecule has 2 heterocycles. The van der Waals surface area contributed by atoms with Gasteiger partial charge in [0.2, 0.25) is 0 Å². The van der Waals surface area contributed by atoms with Crippen LogP contribution in [0.3, 0.4) is 0 Å². The molecule has 0 unspecified atom stereocenters. The van der Waals surface area contributed by atoms with Gasteiger partial charge < -0.3 is 9.68 Å². The Bertz CT molecular complexity index is 619. The van der Waals surface area contributed by atoms with Crippen molar-refractivity contribution in [3.8, 4) is 0 Å². The van der Waals surface area contributed by atoms with Crippen LogP contribution in [0.5, 0.6) is 0 Å². The molecule has 0 amide bonds. The zero-order valence-electron chi connectivity index (χ0n) is 10.1. The van der Waals surface area contributed by atoms with Crippen LogP contribution in [0.1, 0.15) is 21.6 Å². The maximum Gasteiger partial charge on any atom is 0.491 e. The third kappa shape index (κ3) is 2.40. The summed E-state index contributed by atoms with van der Waals surface area (Å²) in [4.78, 5) is 19.8. The minimum Gasteiger partial charge on any atom is -0.423 e. The molecule has 1 aromatic carbocycles. The molecular weight excluding hydrogens is 243 g/mol. The lowest BCUT2D eigenvalue weighted by Crippen LogP contribution is -2.28. The average Bonchev–Trinajstić information content (AvgIpc) is 2.81. The molecule has 0 fully saturated rings. The average molecular weight is 254 g/mol. The van der Waals surface area contributed by atoms with E-state index in [0.29, 0.717) is 12.3 Å². The highest BCUT2D eigenvalue weighted by Gasteiger charge is 2.27. The van der Waals surface area contributed by atoms with E-state index in [1.807, 2.05) is 12.1 Å². The Balaban J connectivity index is 1.81. The summed E-state index contributed by atoms with van der Waals surface area (Å²) in [7, 11) is -0.887. The summed E-state index contributed by atoms with van der Waals surface area (Å²) in [5.41, 5.74) is 2.88. The third-order valence-corrected chi connectivity index (χ3v) is 3.09. The zero-order valence-corrected chi connectivity index (χ0v) is 10.1. The molecule has 0 atom stereocenters. The van der Waals surface area contributed by atoms with Gasteiger partial charge >= 0.3 is 7.12 Å². The summed E-state index contributed by atoms with van der Waals surface area (Å²) in [6.07, 6.45) is 4.71. The number of benzene rings is 1. The maximum atomic E-state index is 12.0. The van der Waals surface area contributed by atoms with Crippen LogP contribution >= 0.6 is 0 Å². The number of nitrogens with zero attached hydrogens (tertiary/aromatic N) is 2. The van der Waals surface area contributed by atoms with E-state index in [1.165, 1.54) is 18.6 Å². The van der Waals surface area contributed by atoms with E-state index in [-0.39, 0.29) is 12.2 Å². The van der Waals surface area contributed by atoms with Gasteiger partial charge in [-0.15, -0.1) is 0 Å². The fraction of sp³-hybridized carbons (Fsp3) is 0.154. The lowest BCUT2D eigenvalue weighted by atomic mass is 9.78. The first-order valence-electron chi connectivity index (χ1n) is 5.94. The lowest BCUT2D eigenvalue weighted by Gasteiger charge is -2.04. The number of fused-ring (bicyclic) bond motifs is 1. The van der Waals surface area contributed by atoms with E-state index in [9.17, 15) is 9.82 Å². The molecular formula is C13H11BN2O3. The van der Waals surface area contributed by atoms with Gasteiger partial charge in [-0.25, -0.2) is 4.98 Å². The van der Waals surface area contributed by atoms with Crippen molar-refractivity contribution in [1.82, 2.24) is 9.97 Å². The van der Waals surface area contributed by atoms with Gasteiger partial charge in [0.25, 0.3) is 0 Å². The van der Waals surface area contributed by atoms with Crippen LogP contribution in [0.2, 0.25) is 0 Å². The number of aromatic nitrogens is 2. The molecule has 1 N–H and O–H groups in total. The lowest BCUT2D eigenvalue weighted by molar-refractivity contribution is 0.0988. The van der Waals surface area contributed by atoms with Crippen molar-refractivity contribution in [2.24, 2.45) is 0 Å². The third-order valence-electron chi connectivity index (χ3n) is 3.09. The molecule has 1 aliphatic rings. The normalized spacial score (nSPS) is 13.4. The van der Waals surface area contributed by atoms with Crippen molar-refractivity contribution >= 4 is 18.4 Å². The summed E-state index contributed by atoms with van der Waals surface area (Å²) in [5, 5.41) is 9.63. The second kappa shape index (κ2) is 4.91. The van der Waals surface area contributed by atoms with Crippen LogP contribution in [0.25, 0.3) is 0 Å². The van der Waals surface area contributed by atoms with Gasteiger partial charge in [-0.05, 0) is 16.6 Å². The van der Waals surface area contributed by atoms with Crippen LogP contribution in [0.15, 0.2) is 36.8 Å². The fourth-order valence-electron chi connectivity index (χ4n) is 2.09. The Morgan fingerprint density at radius 3 is 3.11 bits per heavy atom. The quantitative estimate of drug-likeness (QED) is 0.622. The van der Waals surface area contributed by atoms with Crippen molar-refractivity contribution in [3.63, 3.8) is 0 Å². The number of rotatable bonds is 3. The molecule has 94 valence electrons. The topological polar surface area (TPSA) is 72.3 Å². The summed E-state index contributed by atoms with van der Waals surface area (Å²) in [6.45, 7) is 0.412. The highest BCUT2D eigenvalue weighted by molar-refractivity contribution is 6.61. The predicted octanol–water partition coefficient (Wildman–Crippen LogP) is 0.120. The molecule has 0 aliphatic carbocycles. The summed E-state index contributed by atoms with van der Waals surface area (Å²) >= 11 is 0. The number of hydrogen-bond acceptors (Lipinski definition) is 5. The maximum absolute atomic E-state index is 12.0. The molecule has 5 nitrogen and oxygen atoms in total. The number of carbonyl (C=O) groups excluding carboxylic acids is 1. The van der Waals surface area contributed by atoms with Crippen LogP contribution in [-0.2, 0) is 17.7 Å². The standard InChI is InChI=1S/C13H11BN2O3/c17-13(12-7-15-3-4-16-12)6-9-1-2-10-8-19-14(18)11(10)5-9/h1-5,7,18H,6,8H2. The van der Waals surface area contributed by atoms with E-state index < -0.39 is 7.12 Å². The zero-order chi connectivity index (χ0) is 13.2. The van der Waals surface area contributed by atoms with Crippen LogP contribution in [0, 0.1) is 0 Å². The van der Waals surface area contributed by atoms with Crippen LogP contribution < -0.4 is 5.46 Å². The van der Waals surface area contributed by atoms with Crippen molar-refractivity contribution in [2.75, 3.05) is 0 Å². The SMILES string of the molecule is O=C(Cc1ccc2c(c1)B(O)OC2)c1cnccn1. The summed E-state index contributed by atoms with van der Waals surface area (Å²) in [5.74, 6) is -0.0959. The first kappa shape index (κ1) is 12.0. The number of hydrogen-bond donors (Lipinski definition) is 1. The molecule has 6 heteroatoms. The Labute approximate surface area is 110 Å². The van der Waals surface area contributed by atoms with Crippen molar-refractivity contribution in [1.29, 1.82) is 0 Å². The molecule has 0 saturated heterocycles. The largest absolute Gasteiger partial charge is 0.491 e. The highest BCUT2D eigenvalue weighted by Crippen LogP contribution is 2.12. The summed E-state index contributed by atoms with van der Waals surface area (Å²) in [6, 6.07) is 5.56. The highest BCUT2D eigenvalue weighted by atomic mass is 16.5. The Morgan fingerprint density at radius 2 is 2.32 bits per heavy atom. The van der Waals surface area contributed by atoms with E-state index in [4.69, 9.17) is 4.65 Å². The number of Topliss-reactive ketones (excluding diaryl/α,β-unsaturated/α-hetero) is 1. The van der Waals surface area contributed by atoms with Gasteiger partial charge in [0.05, 0.1) is 12.8 Å². The molecule has 1 aliphatic heterocycles. The summed E-state index contributed by atoms with van der Waals surface area (Å²) < 4.78 is 5.12. The molecule has 3 rings (SSSR count). The molecule has 19 heavy (non-hydrogen) atoms. The van der Waals surface area contributed by atoms with Gasteiger partial charge in [-0.2, -0.15) is 0 Å². The number of carbonyl (C=O) groups is 1. The first-order valence-corrected chi connectivity index (χ1v) is 5.94. The van der Waals surface area contributed by atoms with Crippen LogP contribution in [0.4, 0.5) is 0 Å². The molecule has 0 saturated carbocycles. The monoisotopic (exact) mass is 254 g/mol. The second-order valence-electron chi connectivity index (χ2n) is 4.39. The van der Waals surface area contributed by atoms with Crippen molar-refractivity contribution < 1.29 is 14.5 Å². The van der Waals surface area contributed by atoms with Gasteiger partial charge in [-0.3, -0.25) is 9.78 Å². The van der Waals surface area contributed by atoms with E-state index in [0.717, 1.165) is 16.6 Å². The van der Waals surface area contributed by atoms with Crippen molar-refractivity contribution in [2.45, 2.75) is 13.0 Å². The molecule has 0 spiro atoms. The van der Waals surface area contributed by atoms with Gasteiger partial charge in [-0.1, -0.05) is 18.2 Å². The number of ketones is 1. The smallest absolute Gasteiger partial charge is 0.423 e. The fourth-order valence-corrected chi connectivity index (χ4v) is 2.09. The van der Waals surface area contributed by atoms with Gasteiger partial charge in [0, 0.05) is 18.8 Å². The van der Waals surface area contributed by atoms with Gasteiger partial charge in [0.15, 0.2) is 5.78 Å². The Hall–Kier alpha value is -2.05. The van der Waals surface area contributed by atoms with Crippen molar-refractivity contribution in [3.05, 3.63) is 53.6 Å². The Morgan fingerprint density at radius 1 is 1.42 bits per heavy atom. The Kier molecular flexibility index (Phi) is 3.11. The molecule has 0 bridgehead atoms. The molecule has 2 aromatic rings. The molecule has 0 radical (unpaired) electrons. The minimum absolute atomic E-state index is 0.0959. The predicted molar refractivity (Wildman–Crippen MR) is 68.9 cm³/mol. The second-order valence-corrected chi connectivity index (χ2v) is 4.39. The van der Waals surface area contributed by atoms with Crippen LogP contribution in [-0.4, -0.2) is 27.9 Å². The molecule has 1 aromatic heterocycles. The van der Waals surface area contributed by atoms with E-state index in [2.05, 4.69) is 9.97 Å². The minimum atomic E-state index is -0.887. The first-order chi connectivity index (χ1) is 9.24. The van der Waals surface area contributed by atoms with E-state index >= 15 is 0 Å². The van der Waals surface area contributed by atoms with Gasteiger partial charge in [0.1, 0.15) is 5.69 Å². The van der Waals surface area contributed by atoms with E-state index in [1.54, 1.807) is 6.07 Å².